The predicted molar refractivity (Wildman–Crippen MR) is 68.7 cm³/mol. The maximum absolute atomic E-state index is 5.80. The van der Waals surface area contributed by atoms with Gasteiger partial charge in [-0.25, -0.2) is 0 Å². The molecule has 0 amide bonds. The van der Waals surface area contributed by atoms with Crippen molar-refractivity contribution in [1.82, 2.24) is 5.16 Å². The highest BCUT2D eigenvalue weighted by Gasteiger charge is 2.27. The first-order valence-corrected chi connectivity index (χ1v) is 6.17. The number of nitrogen functional groups attached to an aromatic ring is 1. The Morgan fingerprint density at radius 3 is 2.83 bits per heavy atom. The van der Waals surface area contributed by atoms with Crippen LogP contribution >= 0.6 is 0 Å². The van der Waals surface area contributed by atoms with Crippen LogP contribution in [0.15, 0.2) is 28.8 Å². The molecule has 1 aliphatic carbocycles. The normalized spacial score (nSPS) is 18.4. The maximum atomic E-state index is 5.80. The van der Waals surface area contributed by atoms with Crippen LogP contribution in [0.5, 0.6) is 5.75 Å². The number of hydrogen-bond donors (Lipinski definition) is 1. The molecule has 1 aromatic heterocycles. The van der Waals surface area contributed by atoms with Crippen molar-refractivity contribution in [3.63, 3.8) is 0 Å². The molecule has 3 rings (SSSR count). The third-order valence-corrected chi connectivity index (χ3v) is 3.62. The van der Waals surface area contributed by atoms with Gasteiger partial charge in [0.15, 0.2) is 0 Å². The zero-order valence-electron chi connectivity index (χ0n) is 10.3. The van der Waals surface area contributed by atoms with Crippen LogP contribution in [0.4, 0.5) is 5.88 Å². The molecule has 1 aromatic carbocycles. The number of hydrogen-bond acceptors (Lipinski definition) is 4. The van der Waals surface area contributed by atoms with Gasteiger partial charge in [0.2, 0.25) is 5.88 Å². The summed E-state index contributed by atoms with van der Waals surface area (Å²) in [5.41, 5.74) is 9.13. The summed E-state index contributed by atoms with van der Waals surface area (Å²) in [6, 6.07) is 8.13. The Morgan fingerprint density at radius 2 is 2.11 bits per heavy atom. The minimum absolute atomic E-state index is 0.292. The van der Waals surface area contributed by atoms with Crippen molar-refractivity contribution < 1.29 is 9.26 Å². The predicted octanol–water partition coefficient (Wildman–Crippen LogP) is 2.73. The first kappa shape index (κ1) is 11.1. The van der Waals surface area contributed by atoms with Gasteiger partial charge in [-0.3, -0.25) is 0 Å². The fourth-order valence-corrected chi connectivity index (χ4v) is 2.64. The molecule has 0 aliphatic heterocycles. The number of methoxy groups -OCH3 is 1. The highest BCUT2D eigenvalue weighted by Crippen LogP contribution is 2.38. The Bertz CT molecular complexity index is 545. The van der Waals surface area contributed by atoms with Crippen LogP contribution in [-0.2, 0) is 6.42 Å². The molecule has 0 fully saturated rings. The van der Waals surface area contributed by atoms with Gasteiger partial charge in [-0.05, 0) is 37.0 Å². The Balaban J connectivity index is 1.97. The van der Waals surface area contributed by atoms with Crippen molar-refractivity contribution in [3.05, 3.63) is 41.1 Å². The average Bonchev–Trinajstić information content (AvgIpc) is 2.81. The molecule has 1 atom stereocenters. The first-order valence-electron chi connectivity index (χ1n) is 6.17. The van der Waals surface area contributed by atoms with Crippen LogP contribution in [0.2, 0.25) is 0 Å². The number of fused-ring (bicyclic) bond motifs is 1. The van der Waals surface area contributed by atoms with E-state index in [9.17, 15) is 0 Å². The summed E-state index contributed by atoms with van der Waals surface area (Å²) in [5, 5.41) is 4.13. The lowest BCUT2D eigenvalue weighted by atomic mass is 9.83. The van der Waals surface area contributed by atoms with Gasteiger partial charge in [-0.1, -0.05) is 17.3 Å². The van der Waals surface area contributed by atoms with Crippen LogP contribution in [0.1, 0.15) is 35.6 Å². The second kappa shape index (κ2) is 4.37. The Hall–Kier alpha value is -1.97. The van der Waals surface area contributed by atoms with Crippen molar-refractivity contribution >= 4 is 5.88 Å². The van der Waals surface area contributed by atoms with Crippen molar-refractivity contribution in [2.75, 3.05) is 12.8 Å². The molecule has 2 aromatic rings. The second-order valence-corrected chi connectivity index (χ2v) is 4.63. The minimum Gasteiger partial charge on any atom is -0.497 e. The van der Waals surface area contributed by atoms with Gasteiger partial charge >= 0.3 is 0 Å². The van der Waals surface area contributed by atoms with Gasteiger partial charge in [0.1, 0.15) is 5.75 Å². The van der Waals surface area contributed by atoms with Crippen molar-refractivity contribution in [2.45, 2.75) is 25.2 Å². The number of anilines is 1. The van der Waals surface area contributed by atoms with Crippen LogP contribution in [0, 0.1) is 0 Å². The summed E-state index contributed by atoms with van der Waals surface area (Å²) in [6.07, 6.45) is 3.18. The fourth-order valence-electron chi connectivity index (χ4n) is 2.64. The third-order valence-electron chi connectivity index (χ3n) is 3.62. The second-order valence-electron chi connectivity index (χ2n) is 4.63. The summed E-state index contributed by atoms with van der Waals surface area (Å²) < 4.78 is 10.3. The molecule has 0 saturated carbocycles. The maximum Gasteiger partial charge on any atom is 0.225 e. The Kier molecular flexibility index (Phi) is 2.70. The first-order chi connectivity index (χ1) is 8.79. The van der Waals surface area contributed by atoms with Crippen LogP contribution in [0.3, 0.4) is 0 Å². The molecule has 1 unspecified atom stereocenters. The van der Waals surface area contributed by atoms with E-state index in [0.717, 1.165) is 36.3 Å². The molecule has 4 nitrogen and oxygen atoms in total. The Labute approximate surface area is 106 Å². The van der Waals surface area contributed by atoms with Crippen LogP contribution in [-0.4, -0.2) is 12.3 Å². The van der Waals surface area contributed by atoms with E-state index in [1.54, 1.807) is 7.11 Å². The third kappa shape index (κ3) is 1.74. The van der Waals surface area contributed by atoms with Crippen molar-refractivity contribution in [3.8, 4) is 5.75 Å². The van der Waals surface area contributed by atoms with Crippen LogP contribution < -0.4 is 10.5 Å². The smallest absolute Gasteiger partial charge is 0.225 e. The van der Waals surface area contributed by atoms with E-state index >= 15 is 0 Å². The quantitative estimate of drug-likeness (QED) is 0.882. The van der Waals surface area contributed by atoms with Crippen LogP contribution in [0.25, 0.3) is 0 Å². The van der Waals surface area contributed by atoms with Gasteiger partial charge in [0.05, 0.1) is 12.8 Å². The average molecular weight is 244 g/mol. The molecule has 0 spiro atoms. The molecular formula is C14H16N2O2. The molecule has 18 heavy (non-hydrogen) atoms. The summed E-state index contributed by atoms with van der Waals surface area (Å²) in [5.74, 6) is 1.64. The zero-order valence-corrected chi connectivity index (χ0v) is 10.3. The molecule has 94 valence electrons. The van der Waals surface area contributed by atoms with Gasteiger partial charge in [0, 0.05) is 11.5 Å². The minimum atomic E-state index is 0.292. The highest BCUT2D eigenvalue weighted by atomic mass is 16.5. The standard InChI is InChI=1S/C14H16N2O2/c1-17-10-7-5-9(6-8-10)11-3-2-4-12-13(11)16-18-14(12)15/h5-8,11H,2-4,15H2,1H3. The molecule has 0 saturated heterocycles. The zero-order chi connectivity index (χ0) is 12.5. The molecule has 1 aliphatic rings. The fraction of sp³-hybridized carbons (Fsp3) is 0.357. The van der Waals surface area contributed by atoms with Gasteiger partial charge in [-0.2, -0.15) is 0 Å². The molecule has 4 heteroatoms. The topological polar surface area (TPSA) is 61.3 Å². The van der Waals surface area contributed by atoms with E-state index in [0.29, 0.717) is 11.8 Å². The molecule has 1 heterocycles. The number of benzene rings is 1. The largest absolute Gasteiger partial charge is 0.497 e. The lowest BCUT2D eigenvalue weighted by molar-refractivity contribution is 0.414. The molecular weight excluding hydrogens is 228 g/mol. The molecule has 0 radical (unpaired) electrons. The van der Waals surface area contributed by atoms with E-state index in [1.807, 2.05) is 12.1 Å². The van der Waals surface area contributed by atoms with E-state index in [2.05, 4.69) is 17.3 Å². The number of rotatable bonds is 2. The van der Waals surface area contributed by atoms with Crippen molar-refractivity contribution in [2.24, 2.45) is 0 Å². The highest BCUT2D eigenvalue weighted by molar-refractivity contribution is 5.45. The Morgan fingerprint density at radius 1 is 1.33 bits per heavy atom. The lowest BCUT2D eigenvalue weighted by Gasteiger charge is -2.20. The van der Waals surface area contributed by atoms with Gasteiger partial charge < -0.3 is 15.0 Å². The van der Waals surface area contributed by atoms with E-state index in [1.165, 1.54) is 5.56 Å². The number of aromatic nitrogens is 1. The number of nitrogens with zero attached hydrogens (tertiary/aromatic N) is 1. The summed E-state index contributed by atoms with van der Waals surface area (Å²) >= 11 is 0. The monoisotopic (exact) mass is 244 g/mol. The van der Waals surface area contributed by atoms with E-state index < -0.39 is 0 Å². The van der Waals surface area contributed by atoms with Crippen molar-refractivity contribution in [1.29, 1.82) is 0 Å². The summed E-state index contributed by atoms with van der Waals surface area (Å²) in [7, 11) is 1.67. The number of ether oxygens (including phenoxy) is 1. The lowest BCUT2D eigenvalue weighted by Crippen LogP contribution is -2.11. The summed E-state index contributed by atoms with van der Waals surface area (Å²) in [6.45, 7) is 0. The molecule has 0 bridgehead atoms. The van der Waals surface area contributed by atoms with Gasteiger partial charge in [0.25, 0.3) is 0 Å². The SMILES string of the molecule is COc1ccc(C2CCCc3c2noc3N)cc1. The van der Waals surface area contributed by atoms with E-state index in [4.69, 9.17) is 15.0 Å². The molecule has 2 N–H and O–H groups in total. The number of nitrogens with two attached hydrogens (primary N) is 1. The van der Waals surface area contributed by atoms with Gasteiger partial charge in [-0.15, -0.1) is 0 Å². The summed E-state index contributed by atoms with van der Waals surface area (Å²) in [4.78, 5) is 0. The van der Waals surface area contributed by atoms with E-state index in [-0.39, 0.29) is 0 Å².